The van der Waals surface area contributed by atoms with Gasteiger partial charge in [0.15, 0.2) is 0 Å². The predicted octanol–water partition coefficient (Wildman–Crippen LogP) is -0.812. The Morgan fingerprint density at radius 2 is 2.25 bits per heavy atom. The summed E-state index contributed by atoms with van der Waals surface area (Å²) in [5.41, 5.74) is 0. The van der Waals surface area contributed by atoms with Crippen LogP contribution in [-0.2, 0) is 4.79 Å². The highest BCUT2D eigenvalue weighted by Crippen LogP contribution is 2.23. The number of nitrogens with zero attached hydrogens (tertiary/aromatic N) is 1. The second kappa shape index (κ2) is 3.87. The summed E-state index contributed by atoms with van der Waals surface area (Å²) in [6.07, 6.45) is 1.45. The molecule has 0 saturated heterocycles. The van der Waals surface area contributed by atoms with E-state index in [9.17, 15) is 4.79 Å². The molecular formula is C8H16N2O2. The number of carbonyl (C=O) groups is 1. The van der Waals surface area contributed by atoms with Crippen molar-refractivity contribution in [2.75, 3.05) is 20.6 Å². The fourth-order valence-electron chi connectivity index (χ4n) is 1.35. The number of rotatable bonds is 3. The first kappa shape index (κ1) is 9.48. The average Bonchev–Trinajstić information content (AvgIpc) is 1.98. The Bertz CT molecular complexity index is 166. The zero-order chi connectivity index (χ0) is 9.14. The molecule has 1 aliphatic carbocycles. The fraction of sp³-hybridized carbons (Fsp3) is 0.875. The molecule has 0 aliphatic heterocycles. The fourth-order valence-corrected chi connectivity index (χ4v) is 1.35. The highest BCUT2D eigenvalue weighted by atomic mass is 16.3. The zero-order valence-corrected chi connectivity index (χ0v) is 7.58. The maximum Gasteiger partial charge on any atom is 0.233 e. The Morgan fingerprint density at radius 1 is 1.67 bits per heavy atom. The molecule has 1 rings (SSSR count). The molecule has 0 heterocycles. The Kier molecular flexibility index (Phi) is 3.05. The third kappa shape index (κ3) is 2.19. The topological polar surface area (TPSA) is 52.6 Å². The number of likely N-dealkylation sites (N-methyl/N-ethyl adjacent to an activating group) is 2. The minimum Gasteiger partial charge on any atom is -0.393 e. The normalized spacial score (nSPS) is 28.3. The third-order valence-corrected chi connectivity index (χ3v) is 2.38. The van der Waals surface area contributed by atoms with Crippen LogP contribution in [-0.4, -0.2) is 48.7 Å². The molecule has 0 aromatic heterocycles. The van der Waals surface area contributed by atoms with E-state index < -0.39 is 0 Å². The first-order chi connectivity index (χ1) is 5.63. The molecule has 0 spiro atoms. The zero-order valence-electron chi connectivity index (χ0n) is 7.58. The molecule has 1 fully saturated rings. The van der Waals surface area contributed by atoms with E-state index >= 15 is 0 Å². The number of amides is 1. The van der Waals surface area contributed by atoms with Gasteiger partial charge < -0.3 is 10.4 Å². The number of aliphatic hydroxyl groups is 1. The van der Waals surface area contributed by atoms with E-state index in [1.807, 2.05) is 11.9 Å². The highest BCUT2D eigenvalue weighted by molar-refractivity contribution is 5.77. The number of aliphatic hydroxyl groups excluding tert-OH is 1. The average molecular weight is 172 g/mol. The van der Waals surface area contributed by atoms with Gasteiger partial charge in [0.25, 0.3) is 0 Å². The Labute approximate surface area is 72.6 Å². The van der Waals surface area contributed by atoms with Crippen LogP contribution in [0.2, 0.25) is 0 Å². The molecule has 0 atom stereocenters. The van der Waals surface area contributed by atoms with Crippen molar-refractivity contribution in [3.8, 4) is 0 Å². The predicted molar refractivity (Wildman–Crippen MR) is 45.7 cm³/mol. The molecule has 4 heteroatoms. The first-order valence-corrected chi connectivity index (χ1v) is 4.22. The van der Waals surface area contributed by atoms with E-state index in [0.717, 1.165) is 12.8 Å². The Hall–Kier alpha value is -0.610. The van der Waals surface area contributed by atoms with Gasteiger partial charge >= 0.3 is 0 Å². The summed E-state index contributed by atoms with van der Waals surface area (Å²) in [4.78, 5) is 12.9. The molecule has 1 aliphatic rings. The molecule has 12 heavy (non-hydrogen) atoms. The quantitative estimate of drug-likeness (QED) is 0.585. The summed E-state index contributed by atoms with van der Waals surface area (Å²) in [6.45, 7) is 0.424. The molecular weight excluding hydrogens is 156 g/mol. The van der Waals surface area contributed by atoms with E-state index in [4.69, 9.17) is 5.11 Å². The molecule has 70 valence electrons. The minimum absolute atomic E-state index is 0.0267. The van der Waals surface area contributed by atoms with E-state index in [2.05, 4.69) is 5.32 Å². The van der Waals surface area contributed by atoms with Gasteiger partial charge in [-0.3, -0.25) is 9.69 Å². The molecule has 0 bridgehead atoms. The van der Waals surface area contributed by atoms with Gasteiger partial charge in [-0.05, 0) is 19.9 Å². The molecule has 4 nitrogen and oxygen atoms in total. The van der Waals surface area contributed by atoms with Gasteiger partial charge in [-0.15, -0.1) is 0 Å². The van der Waals surface area contributed by atoms with Crippen molar-refractivity contribution in [2.24, 2.45) is 0 Å². The Balaban J connectivity index is 2.20. The maximum atomic E-state index is 10.9. The SMILES string of the molecule is CNC(=O)CN(C)C1CC(O)C1. The molecule has 1 saturated carbocycles. The van der Waals surface area contributed by atoms with Crippen molar-refractivity contribution < 1.29 is 9.90 Å². The number of carbonyl (C=O) groups excluding carboxylic acids is 1. The standard InChI is InChI=1S/C8H16N2O2/c1-9-8(12)5-10(2)6-3-7(11)4-6/h6-7,11H,3-5H2,1-2H3,(H,9,12). The smallest absolute Gasteiger partial charge is 0.233 e. The van der Waals surface area contributed by atoms with Crippen molar-refractivity contribution >= 4 is 5.91 Å². The van der Waals surface area contributed by atoms with Gasteiger partial charge in [0.1, 0.15) is 0 Å². The van der Waals surface area contributed by atoms with Crippen LogP contribution in [0.15, 0.2) is 0 Å². The summed E-state index contributed by atoms with van der Waals surface area (Å²) in [5.74, 6) is 0.0267. The van der Waals surface area contributed by atoms with Crippen molar-refractivity contribution in [1.82, 2.24) is 10.2 Å². The molecule has 0 unspecified atom stereocenters. The van der Waals surface area contributed by atoms with Gasteiger partial charge in [0.2, 0.25) is 5.91 Å². The van der Waals surface area contributed by atoms with Gasteiger partial charge in [0.05, 0.1) is 12.6 Å². The second-order valence-corrected chi connectivity index (χ2v) is 3.37. The van der Waals surface area contributed by atoms with Crippen molar-refractivity contribution in [3.63, 3.8) is 0 Å². The lowest BCUT2D eigenvalue weighted by atomic mass is 9.88. The summed E-state index contributed by atoms with van der Waals surface area (Å²) < 4.78 is 0. The number of nitrogens with one attached hydrogen (secondary N) is 1. The van der Waals surface area contributed by atoms with Crippen molar-refractivity contribution in [1.29, 1.82) is 0 Å². The lowest BCUT2D eigenvalue weighted by Crippen LogP contribution is -2.48. The van der Waals surface area contributed by atoms with E-state index in [-0.39, 0.29) is 12.0 Å². The lowest BCUT2D eigenvalue weighted by molar-refractivity contribution is -0.123. The third-order valence-electron chi connectivity index (χ3n) is 2.38. The molecule has 1 amide bonds. The van der Waals surface area contributed by atoms with Gasteiger partial charge in [-0.2, -0.15) is 0 Å². The van der Waals surface area contributed by atoms with Crippen molar-refractivity contribution in [3.05, 3.63) is 0 Å². The van der Waals surface area contributed by atoms with Crippen molar-refractivity contribution in [2.45, 2.75) is 25.0 Å². The second-order valence-electron chi connectivity index (χ2n) is 3.37. The number of hydrogen-bond donors (Lipinski definition) is 2. The van der Waals surface area contributed by atoms with Crippen LogP contribution in [0.3, 0.4) is 0 Å². The summed E-state index contributed by atoms with van der Waals surface area (Å²) in [6, 6.07) is 0.386. The van der Waals surface area contributed by atoms with Crippen LogP contribution in [0.4, 0.5) is 0 Å². The summed E-state index contributed by atoms with van der Waals surface area (Å²) in [5, 5.41) is 11.6. The molecule has 0 aromatic carbocycles. The van der Waals surface area contributed by atoms with Crippen LogP contribution >= 0.6 is 0 Å². The lowest BCUT2D eigenvalue weighted by Gasteiger charge is -2.38. The van der Waals surface area contributed by atoms with Crippen LogP contribution in [0, 0.1) is 0 Å². The Morgan fingerprint density at radius 3 is 2.67 bits per heavy atom. The molecule has 0 radical (unpaired) electrons. The summed E-state index contributed by atoms with van der Waals surface area (Å²) in [7, 11) is 3.54. The van der Waals surface area contributed by atoms with Crippen LogP contribution in [0.1, 0.15) is 12.8 Å². The number of hydrogen-bond acceptors (Lipinski definition) is 3. The first-order valence-electron chi connectivity index (χ1n) is 4.22. The van der Waals surface area contributed by atoms with E-state index in [1.165, 1.54) is 0 Å². The van der Waals surface area contributed by atoms with Gasteiger partial charge in [-0.1, -0.05) is 0 Å². The monoisotopic (exact) mass is 172 g/mol. The highest BCUT2D eigenvalue weighted by Gasteiger charge is 2.30. The minimum atomic E-state index is -0.151. The van der Waals surface area contributed by atoms with Crippen LogP contribution < -0.4 is 5.32 Å². The van der Waals surface area contributed by atoms with E-state index in [0.29, 0.717) is 12.6 Å². The van der Waals surface area contributed by atoms with E-state index in [1.54, 1.807) is 7.05 Å². The molecule has 0 aromatic rings. The van der Waals surface area contributed by atoms with Crippen LogP contribution in [0.25, 0.3) is 0 Å². The maximum absolute atomic E-state index is 10.9. The summed E-state index contributed by atoms with van der Waals surface area (Å²) >= 11 is 0. The van der Waals surface area contributed by atoms with Crippen LogP contribution in [0.5, 0.6) is 0 Å². The van der Waals surface area contributed by atoms with Gasteiger partial charge in [0, 0.05) is 13.1 Å². The largest absolute Gasteiger partial charge is 0.393 e. The molecule has 2 N–H and O–H groups in total. The van der Waals surface area contributed by atoms with Gasteiger partial charge in [-0.25, -0.2) is 0 Å².